The van der Waals surface area contributed by atoms with E-state index in [9.17, 15) is 4.79 Å². The Morgan fingerprint density at radius 2 is 1.16 bits per heavy atom. The van der Waals surface area contributed by atoms with E-state index in [1.54, 1.807) is 0 Å². The first-order valence-electron chi connectivity index (χ1n) is 12.5. The highest BCUT2D eigenvalue weighted by Gasteiger charge is 2.21. The van der Waals surface area contributed by atoms with Crippen molar-refractivity contribution in [2.75, 3.05) is 36.4 Å². The Labute approximate surface area is 216 Å². The van der Waals surface area contributed by atoms with Gasteiger partial charge in [0.15, 0.2) is 0 Å². The number of rotatable bonds is 4. The van der Waals surface area contributed by atoms with Gasteiger partial charge < -0.3 is 15.1 Å². The first kappa shape index (κ1) is 22.7. The van der Waals surface area contributed by atoms with Crippen LogP contribution in [0.25, 0.3) is 33.5 Å². The van der Waals surface area contributed by atoms with Crippen LogP contribution in [0.4, 0.5) is 16.2 Å². The molecule has 6 nitrogen and oxygen atoms in total. The van der Waals surface area contributed by atoms with Crippen molar-refractivity contribution in [2.24, 2.45) is 0 Å². The third kappa shape index (κ3) is 4.86. The molecule has 1 saturated heterocycles. The van der Waals surface area contributed by atoms with Gasteiger partial charge in [0.1, 0.15) is 0 Å². The Balaban J connectivity index is 1.24. The highest BCUT2D eigenvalue weighted by Crippen LogP contribution is 2.31. The summed E-state index contributed by atoms with van der Waals surface area (Å²) in [6.45, 7) is 2.96. The third-order valence-corrected chi connectivity index (χ3v) is 6.70. The fourth-order valence-corrected chi connectivity index (χ4v) is 4.74. The molecular weight excluding hydrogens is 458 g/mol. The van der Waals surface area contributed by atoms with Gasteiger partial charge in [0.2, 0.25) is 0 Å². The summed E-state index contributed by atoms with van der Waals surface area (Å²) < 4.78 is 0. The van der Waals surface area contributed by atoms with Crippen LogP contribution >= 0.6 is 0 Å². The molecule has 0 aliphatic carbocycles. The van der Waals surface area contributed by atoms with Gasteiger partial charge in [-0.05, 0) is 30.3 Å². The molecule has 4 aromatic carbocycles. The Hall–Kier alpha value is -4.71. The highest BCUT2D eigenvalue weighted by atomic mass is 16.2. The molecule has 1 aliphatic rings. The standard InChI is InChI=1S/C31H27N5O/c37-31(36-20-18-35(19-21-36)26-14-8-3-9-15-26)32-25-16-17-27-28(22-25)34-30(24-12-6-2-7-13-24)29(33-27)23-10-4-1-5-11-23/h1-17,22H,18-21H2,(H,32,37). The second-order valence-corrected chi connectivity index (χ2v) is 9.10. The zero-order chi connectivity index (χ0) is 25.0. The van der Waals surface area contributed by atoms with Crippen molar-refractivity contribution in [3.05, 3.63) is 109 Å². The average Bonchev–Trinajstić information content (AvgIpc) is 2.98. The molecule has 6 rings (SSSR count). The molecule has 5 aromatic rings. The maximum atomic E-state index is 13.0. The number of aromatic nitrogens is 2. The van der Waals surface area contributed by atoms with Gasteiger partial charge in [-0.15, -0.1) is 0 Å². The molecular formula is C31H27N5O. The van der Waals surface area contributed by atoms with Crippen molar-refractivity contribution in [1.82, 2.24) is 14.9 Å². The van der Waals surface area contributed by atoms with Crippen LogP contribution in [-0.4, -0.2) is 47.1 Å². The van der Waals surface area contributed by atoms with E-state index < -0.39 is 0 Å². The van der Waals surface area contributed by atoms with E-state index in [4.69, 9.17) is 9.97 Å². The van der Waals surface area contributed by atoms with E-state index in [0.29, 0.717) is 18.8 Å². The second-order valence-electron chi connectivity index (χ2n) is 9.10. The molecule has 2 amide bonds. The number of piperazine rings is 1. The Morgan fingerprint density at radius 3 is 1.76 bits per heavy atom. The average molecular weight is 486 g/mol. The number of hydrogen-bond acceptors (Lipinski definition) is 4. The van der Waals surface area contributed by atoms with Crippen LogP contribution < -0.4 is 10.2 Å². The lowest BCUT2D eigenvalue weighted by molar-refractivity contribution is 0.208. The molecule has 6 heteroatoms. The minimum atomic E-state index is -0.0933. The molecule has 0 atom stereocenters. The summed E-state index contributed by atoms with van der Waals surface area (Å²) >= 11 is 0. The van der Waals surface area contributed by atoms with Crippen LogP contribution in [0, 0.1) is 0 Å². The smallest absolute Gasteiger partial charge is 0.321 e. The lowest BCUT2D eigenvalue weighted by Gasteiger charge is -2.36. The van der Waals surface area contributed by atoms with E-state index in [2.05, 4.69) is 34.5 Å². The predicted molar refractivity (Wildman–Crippen MR) is 150 cm³/mol. The van der Waals surface area contributed by atoms with Gasteiger partial charge in [0, 0.05) is 48.7 Å². The number of nitrogens with one attached hydrogen (secondary N) is 1. The van der Waals surface area contributed by atoms with Crippen LogP contribution in [0.2, 0.25) is 0 Å². The van der Waals surface area contributed by atoms with Crippen LogP contribution in [-0.2, 0) is 0 Å². The fourth-order valence-electron chi connectivity index (χ4n) is 4.74. The van der Waals surface area contributed by atoms with Crippen molar-refractivity contribution in [3.63, 3.8) is 0 Å². The molecule has 0 unspecified atom stereocenters. The topological polar surface area (TPSA) is 61.4 Å². The molecule has 1 aliphatic heterocycles. The number of para-hydroxylation sites is 1. The summed E-state index contributed by atoms with van der Waals surface area (Å²) in [7, 11) is 0. The largest absolute Gasteiger partial charge is 0.368 e. The fraction of sp³-hybridized carbons (Fsp3) is 0.129. The predicted octanol–water partition coefficient (Wildman–Crippen LogP) is 6.32. The zero-order valence-corrected chi connectivity index (χ0v) is 20.4. The Bertz CT molecular complexity index is 1520. The molecule has 1 fully saturated rings. The van der Waals surface area contributed by atoms with Crippen molar-refractivity contribution >= 4 is 28.4 Å². The third-order valence-electron chi connectivity index (χ3n) is 6.70. The number of fused-ring (bicyclic) bond motifs is 1. The van der Waals surface area contributed by atoms with E-state index in [1.807, 2.05) is 89.8 Å². The van der Waals surface area contributed by atoms with E-state index in [0.717, 1.165) is 46.6 Å². The first-order valence-corrected chi connectivity index (χ1v) is 12.5. The Kier molecular flexibility index (Phi) is 6.21. The first-order chi connectivity index (χ1) is 18.2. The number of benzene rings is 4. The maximum absolute atomic E-state index is 13.0. The summed E-state index contributed by atoms with van der Waals surface area (Å²) in [4.78, 5) is 27.2. The quantitative estimate of drug-likeness (QED) is 0.324. The molecule has 0 bridgehead atoms. The summed E-state index contributed by atoms with van der Waals surface area (Å²) in [6.07, 6.45) is 0. The molecule has 1 aromatic heterocycles. The van der Waals surface area contributed by atoms with Crippen molar-refractivity contribution in [2.45, 2.75) is 0 Å². The van der Waals surface area contributed by atoms with Gasteiger partial charge in [-0.3, -0.25) is 0 Å². The minimum absolute atomic E-state index is 0.0933. The molecule has 37 heavy (non-hydrogen) atoms. The zero-order valence-electron chi connectivity index (χ0n) is 20.4. The van der Waals surface area contributed by atoms with Gasteiger partial charge >= 0.3 is 6.03 Å². The molecule has 2 heterocycles. The summed E-state index contributed by atoms with van der Waals surface area (Å²) in [5.41, 5.74) is 7.11. The van der Waals surface area contributed by atoms with E-state index >= 15 is 0 Å². The monoisotopic (exact) mass is 485 g/mol. The number of urea groups is 1. The number of hydrogen-bond donors (Lipinski definition) is 1. The summed E-state index contributed by atoms with van der Waals surface area (Å²) in [5, 5.41) is 3.06. The summed E-state index contributed by atoms with van der Waals surface area (Å²) in [6, 6.07) is 36.2. The van der Waals surface area contributed by atoms with Gasteiger partial charge in [0.25, 0.3) is 0 Å². The van der Waals surface area contributed by atoms with Crippen molar-refractivity contribution in [3.8, 4) is 22.5 Å². The lowest BCUT2D eigenvalue weighted by Crippen LogP contribution is -2.50. The van der Waals surface area contributed by atoms with Crippen LogP contribution in [0.1, 0.15) is 0 Å². The van der Waals surface area contributed by atoms with Crippen LogP contribution in [0.5, 0.6) is 0 Å². The van der Waals surface area contributed by atoms with Gasteiger partial charge in [-0.1, -0.05) is 78.9 Å². The molecule has 0 saturated carbocycles. The van der Waals surface area contributed by atoms with E-state index in [1.165, 1.54) is 5.69 Å². The molecule has 0 radical (unpaired) electrons. The second kappa shape index (κ2) is 10.1. The number of anilines is 2. The Morgan fingerprint density at radius 1 is 0.622 bits per heavy atom. The van der Waals surface area contributed by atoms with Crippen molar-refractivity contribution < 1.29 is 4.79 Å². The molecule has 182 valence electrons. The lowest BCUT2D eigenvalue weighted by atomic mass is 10.0. The van der Waals surface area contributed by atoms with Gasteiger partial charge in [0.05, 0.1) is 22.4 Å². The number of nitrogens with zero attached hydrogens (tertiary/aromatic N) is 4. The number of amides is 2. The van der Waals surface area contributed by atoms with Crippen molar-refractivity contribution in [1.29, 1.82) is 0 Å². The number of carbonyl (C=O) groups excluding carboxylic acids is 1. The van der Waals surface area contributed by atoms with Gasteiger partial charge in [-0.2, -0.15) is 0 Å². The normalized spacial score (nSPS) is 13.5. The molecule has 1 N–H and O–H groups in total. The highest BCUT2D eigenvalue weighted by molar-refractivity contribution is 5.93. The minimum Gasteiger partial charge on any atom is -0.368 e. The van der Waals surface area contributed by atoms with E-state index in [-0.39, 0.29) is 6.03 Å². The van der Waals surface area contributed by atoms with Crippen LogP contribution in [0.3, 0.4) is 0 Å². The molecule has 0 spiro atoms. The van der Waals surface area contributed by atoms with Gasteiger partial charge in [-0.25, -0.2) is 14.8 Å². The summed E-state index contributed by atoms with van der Waals surface area (Å²) in [5.74, 6) is 0. The van der Waals surface area contributed by atoms with Crippen LogP contribution in [0.15, 0.2) is 109 Å². The number of carbonyl (C=O) groups is 1. The maximum Gasteiger partial charge on any atom is 0.321 e. The SMILES string of the molecule is O=C(Nc1ccc2nc(-c3ccccc3)c(-c3ccccc3)nc2c1)N1CCN(c2ccccc2)CC1.